The van der Waals surface area contributed by atoms with Gasteiger partial charge in [0, 0.05) is 22.5 Å². The topological polar surface area (TPSA) is 96.5 Å². The molecule has 0 aromatic heterocycles. The summed E-state index contributed by atoms with van der Waals surface area (Å²) in [5, 5.41) is 8.28. The van der Waals surface area contributed by atoms with Gasteiger partial charge in [0.05, 0.1) is 12.7 Å². The third kappa shape index (κ3) is 5.97. The van der Waals surface area contributed by atoms with Gasteiger partial charge < -0.3 is 15.4 Å². The van der Waals surface area contributed by atoms with Crippen LogP contribution >= 0.6 is 12.2 Å². The summed E-state index contributed by atoms with van der Waals surface area (Å²) in [7, 11) is 1.27. The number of amides is 2. The Hall–Kier alpha value is -4.04. The Kier molecular flexibility index (Phi) is 7.08. The molecule has 31 heavy (non-hydrogen) atoms. The minimum Gasteiger partial charge on any atom is -0.465 e. The number of rotatable bonds is 5. The standard InChI is InChI=1S/C23H19N3O4S/c1-30-22(29)17-9-5-7-15(13-17)21(28)26-23(31)25-19-12-6-8-16(14-19)20(27)24-18-10-3-2-4-11-18/h2-14H,1H3,(H,24,27)(H2,25,26,28,31). The summed E-state index contributed by atoms with van der Waals surface area (Å²) in [6, 6.07) is 21.9. The van der Waals surface area contributed by atoms with E-state index in [9.17, 15) is 14.4 Å². The van der Waals surface area contributed by atoms with Gasteiger partial charge in [-0.25, -0.2) is 4.79 Å². The van der Waals surface area contributed by atoms with Crippen LogP contribution in [0.25, 0.3) is 0 Å². The number of benzene rings is 3. The van der Waals surface area contributed by atoms with Crippen molar-refractivity contribution < 1.29 is 19.1 Å². The van der Waals surface area contributed by atoms with E-state index in [4.69, 9.17) is 12.2 Å². The van der Waals surface area contributed by atoms with Crippen molar-refractivity contribution in [2.45, 2.75) is 0 Å². The molecule has 7 nitrogen and oxygen atoms in total. The average molecular weight is 433 g/mol. The third-order valence-corrected chi connectivity index (χ3v) is 4.39. The number of hydrogen-bond acceptors (Lipinski definition) is 5. The van der Waals surface area contributed by atoms with Crippen LogP contribution in [0.4, 0.5) is 11.4 Å². The van der Waals surface area contributed by atoms with Gasteiger partial charge in [-0.15, -0.1) is 0 Å². The Morgan fingerprint density at radius 2 is 1.32 bits per heavy atom. The number of ether oxygens (including phenoxy) is 1. The molecule has 0 spiro atoms. The van der Waals surface area contributed by atoms with Crippen molar-refractivity contribution in [1.29, 1.82) is 0 Å². The molecule has 3 aromatic carbocycles. The summed E-state index contributed by atoms with van der Waals surface area (Å²) in [6.07, 6.45) is 0. The van der Waals surface area contributed by atoms with E-state index in [1.807, 2.05) is 18.2 Å². The fraction of sp³-hybridized carbons (Fsp3) is 0.0435. The van der Waals surface area contributed by atoms with Gasteiger partial charge >= 0.3 is 5.97 Å². The molecule has 8 heteroatoms. The van der Waals surface area contributed by atoms with Gasteiger partial charge in [-0.2, -0.15) is 0 Å². The average Bonchev–Trinajstić information content (AvgIpc) is 2.79. The Labute approximate surface area is 184 Å². The summed E-state index contributed by atoms with van der Waals surface area (Å²) >= 11 is 5.20. The van der Waals surface area contributed by atoms with E-state index in [2.05, 4.69) is 20.7 Å². The number of esters is 1. The van der Waals surface area contributed by atoms with Gasteiger partial charge in [0.1, 0.15) is 0 Å². The van der Waals surface area contributed by atoms with Crippen molar-refractivity contribution in [3.63, 3.8) is 0 Å². The molecule has 0 aliphatic rings. The summed E-state index contributed by atoms with van der Waals surface area (Å²) in [4.78, 5) is 36.5. The number of hydrogen-bond donors (Lipinski definition) is 3. The number of nitrogens with one attached hydrogen (secondary N) is 3. The third-order valence-electron chi connectivity index (χ3n) is 4.19. The molecule has 156 valence electrons. The maximum Gasteiger partial charge on any atom is 0.337 e. The first kappa shape index (κ1) is 21.7. The zero-order valence-corrected chi connectivity index (χ0v) is 17.4. The maximum atomic E-state index is 12.4. The van der Waals surface area contributed by atoms with E-state index in [-0.39, 0.29) is 22.1 Å². The van der Waals surface area contributed by atoms with Crippen LogP contribution in [0.3, 0.4) is 0 Å². The molecule has 0 fully saturated rings. The van der Waals surface area contributed by atoms with E-state index in [1.165, 1.54) is 13.2 Å². The molecule has 0 aliphatic carbocycles. The molecule has 0 atom stereocenters. The second kappa shape index (κ2) is 10.1. The molecule has 3 N–H and O–H groups in total. The fourth-order valence-corrected chi connectivity index (χ4v) is 2.92. The summed E-state index contributed by atoms with van der Waals surface area (Å²) < 4.78 is 4.66. The van der Waals surface area contributed by atoms with Crippen molar-refractivity contribution in [3.05, 3.63) is 95.6 Å². The highest BCUT2D eigenvalue weighted by molar-refractivity contribution is 7.80. The lowest BCUT2D eigenvalue weighted by Crippen LogP contribution is -2.34. The Bertz CT molecular complexity index is 1130. The van der Waals surface area contributed by atoms with Crippen LogP contribution in [-0.4, -0.2) is 30.0 Å². The zero-order valence-electron chi connectivity index (χ0n) is 16.5. The number of para-hydroxylation sites is 1. The van der Waals surface area contributed by atoms with Gasteiger partial charge in [-0.1, -0.05) is 30.3 Å². The molecule has 3 rings (SSSR count). The number of carbonyl (C=O) groups excluding carboxylic acids is 3. The van der Waals surface area contributed by atoms with Crippen molar-refractivity contribution >= 4 is 46.5 Å². The van der Waals surface area contributed by atoms with Crippen LogP contribution in [0.15, 0.2) is 78.9 Å². The van der Waals surface area contributed by atoms with Crippen LogP contribution in [0.1, 0.15) is 31.1 Å². The monoisotopic (exact) mass is 433 g/mol. The maximum absolute atomic E-state index is 12.4. The second-order valence-electron chi connectivity index (χ2n) is 6.38. The van der Waals surface area contributed by atoms with Gasteiger partial charge in [0.2, 0.25) is 0 Å². The normalized spacial score (nSPS) is 9.97. The Balaban J connectivity index is 1.63. The first-order valence-corrected chi connectivity index (χ1v) is 9.64. The zero-order chi connectivity index (χ0) is 22.2. The fourth-order valence-electron chi connectivity index (χ4n) is 2.71. The Morgan fingerprint density at radius 3 is 2.03 bits per heavy atom. The van der Waals surface area contributed by atoms with Gasteiger partial charge in [-0.05, 0) is 60.7 Å². The minimum absolute atomic E-state index is 0.0501. The number of carbonyl (C=O) groups is 3. The Morgan fingerprint density at radius 1 is 0.710 bits per heavy atom. The molecule has 0 saturated heterocycles. The van der Waals surface area contributed by atoms with Crippen LogP contribution in [0.2, 0.25) is 0 Å². The molecule has 0 bridgehead atoms. The number of anilines is 2. The predicted octanol–water partition coefficient (Wildman–Crippen LogP) is 3.85. The smallest absolute Gasteiger partial charge is 0.337 e. The molecule has 0 unspecified atom stereocenters. The minimum atomic E-state index is -0.541. The van der Waals surface area contributed by atoms with E-state index >= 15 is 0 Å². The first-order valence-electron chi connectivity index (χ1n) is 9.23. The van der Waals surface area contributed by atoms with Crippen LogP contribution in [0.5, 0.6) is 0 Å². The highest BCUT2D eigenvalue weighted by Crippen LogP contribution is 2.14. The molecule has 0 saturated carbocycles. The molecule has 0 heterocycles. The van der Waals surface area contributed by atoms with Crippen LogP contribution in [-0.2, 0) is 4.74 Å². The lowest BCUT2D eigenvalue weighted by atomic mass is 10.1. The van der Waals surface area contributed by atoms with Gasteiger partial charge in [-0.3, -0.25) is 14.9 Å². The summed E-state index contributed by atoms with van der Waals surface area (Å²) in [5.74, 6) is -1.30. The molecule has 0 radical (unpaired) electrons. The molecule has 0 aliphatic heterocycles. The van der Waals surface area contributed by atoms with E-state index < -0.39 is 11.9 Å². The second-order valence-corrected chi connectivity index (χ2v) is 6.79. The van der Waals surface area contributed by atoms with E-state index in [0.29, 0.717) is 16.9 Å². The number of methoxy groups -OCH3 is 1. The summed E-state index contributed by atoms with van der Waals surface area (Å²) in [5.41, 5.74) is 2.15. The highest BCUT2D eigenvalue weighted by atomic mass is 32.1. The van der Waals surface area contributed by atoms with Crippen molar-refractivity contribution in [3.8, 4) is 0 Å². The lowest BCUT2D eigenvalue weighted by molar-refractivity contribution is 0.0600. The van der Waals surface area contributed by atoms with Gasteiger partial charge in [0.25, 0.3) is 11.8 Å². The van der Waals surface area contributed by atoms with E-state index in [0.717, 1.165) is 0 Å². The SMILES string of the molecule is COC(=O)c1cccc(C(=O)NC(=S)Nc2cccc(C(=O)Nc3ccccc3)c2)c1. The lowest BCUT2D eigenvalue weighted by Gasteiger charge is -2.11. The van der Waals surface area contributed by atoms with Crippen LogP contribution < -0.4 is 16.0 Å². The largest absolute Gasteiger partial charge is 0.465 e. The summed E-state index contributed by atoms with van der Waals surface area (Å²) in [6.45, 7) is 0. The quantitative estimate of drug-likeness (QED) is 0.418. The molecule has 3 aromatic rings. The number of thiocarbonyl (C=S) groups is 1. The van der Waals surface area contributed by atoms with Crippen molar-refractivity contribution in [2.75, 3.05) is 17.7 Å². The molecule has 2 amide bonds. The van der Waals surface area contributed by atoms with Crippen molar-refractivity contribution in [2.24, 2.45) is 0 Å². The van der Waals surface area contributed by atoms with Crippen molar-refractivity contribution in [1.82, 2.24) is 5.32 Å². The molecular formula is C23H19N3O4S. The first-order chi connectivity index (χ1) is 15.0. The predicted molar refractivity (Wildman–Crippen MR) is 122 cm³/mol. The van der Waals surface area contributed by atoms with Gasteiger partial charge in [0.15, 0.2) is 5.11 Å². The highest BCUT2D eigenvalue weighted by Gasteiger charge is 2.13. The molecular weight excluding hydrogens is 414 g/mol. The van der Waals surface area contributed by atoms with E-state index in [1.54, 1.807) is 54.6 Å². The van der Waals surface area contributed by atoms with Crippen LogP contribution in [0, 0.1) is 0 Å².